The zero-order valence-electron chi connectivity index (χ0n) is 13.8. The van der Waals surface area contributed by atoms with Crippen LogP contribution in [0.5, 0.6) is 0 Å². The number of carbonyl (C=O) groups excluding carboxylic acids is 1. The van der Waals surface area contributed by atoms with Crippen molar-refractivity contribution in [2.75, 3.05) is 13.2 Å². The van der Waals surface area contributed by atoms with Crippen molar-refractivity contribution in [3.05, 3.63) is 47.7 Å². The summed E-state index contributed by atoms with van der Waals surface area (Å²) >= 11 is 0. The summed E-state index contributed by atoms with van der Waals surface area (Å²) in [4.78, 5) is 16.2. The molecule has 0 spiro atoms. The fraction of sp³-hybridized carbons (Fsp3) is 0.412. The van der Waals surface area contributed by atoms with Gasteiger partial charge in [-0.1, -0.05) is 0 Å². The average Bonchev–Trinajstić information content (AvgIpc) is 2.96. The number of nitrogens with zero attached hydrogens (tertiary/aromatic N) is 2. The minimum Gasteiger partial charge on any atom is -0.435 e. The molecule has 24 heavy (non-hydrogen) atoms. The minimum atomic E-state index is -0.634. The van der Waals surface area contributed by atoms with Gasteiger partial charge in [-0.2, -0.15) is 4.48 Å². The molecule has 0 aromatic heterocycles. The Bertz CT molecular complexity index is 736. The molecule has 0 fully saturated rings. The highest BCUT2D eigenvalue weighted by Crippen LogP contribution is 2.45. The van der Waals surface area contributed by atoms with Gasteiger partial charge in [0.1, 0.15) is 25.0 Å². The number of hydrogen-bond donors (Lipinski definition) is 2. The van der Waals surface area contributed by atoms with Gasteiger partial charge >= 0.3 is 6.16 Å². The summed E-state index contributed by atoms with van der Waals surface area (Å²) in [5, 5.41) is 6.95. The highest BCUT2D eigenvalue weighted by Gasteiger charge is 2.60. The summed E-state index contributed by atoms with van der Waals surface area (Å²) < 4.78 is 10.8. The summed E-state index contributed by atoms with van der Waals surface area (Å²) in [6, 6.07) is 0. The first-order chi connectivity index (χ1) is 11.6. The molecule has 0 radical (unpaired) electrons. The third kappa shape index (κ3) is 2.01. The molecule has 7 nitrogen and oxygen atoms in total. The monoisotopic (exact) mass is 329 g/mol. The molecule has 126 valence electrons. The number of aliphatic imine (C=N–C) groups is 1. The zero-order valence-corrected chi connectivity index (χ0v) is 13.8. The van der Waals surface area contributed by atoms with Crippen LogP contribution >= 0.6 is 0 Å². The molecule has 0 saturated carbocycles. The van der Waals surface area contributed by atoms with Crippen LogP contribution in [0.2, 0.25) is 0 Å². The molecule has 4 rings (SSSR count). The van der Waals surface area contributed by atoms with Gasteiger partial charge < -0.3 is 20.1 Å². The van der Waals surface area contributed by atoms with Gasteiger partial charge in [0.25, 0.3) is 0 Å². The fourth-order valence-corrected chi connectivity index (χ4v) is 3.92. The van der Waals surface area contributed by atoms with Crippen molar-refractivity contribution < 1.29 is 18.8 Å². The predicted molar refractivity (Wildman–Crippen MR) is 88.2 cm³/mol. The van der Waals surface area contributed by atoms with Crippen LogP contribution in [0.3, 0.4) is 0 Å². The van der Waals surface area contributed by atoms with E-state index in [1.165, 1.54) is 0 Å². The highest BCUT2D eigenvalue weighted by atomic mass is 16.7. The number of carbonyl (C=O) groups is 1. The Hall–Kier alpha value is -2.54. The highest BCUT2D eigenvalue weighted by molar-refractivity contribution is 5.61. The van der Waals surface area contributed by atoms with E-state index in [2.05, 4.69) is 34.9 Å². The van der Waals surface area contributed by atoms with Gasteiger partial charge in [-0.15, -0.1) is 0 Å². The summed E-state index contributed by atoms with van der Waals surface area (Å²) in [5.41, 5.74) is 2.89. The van der Waals surface area contributed by atoms with Gasteiger partial charge in [-0.25, -0.2) is 9.79 Å². The Morgan fingerprint density at radius 3 is 3.25 bits per heavy atom. The molecule has 0 saturated heterocycles. The Labute approximate surface area is 140 Å². The number of hydrogen-bond acceptors (Lipinski definition) is 6. The van der Waals surface area contributed by atoms with Crippen molar-refractivity contribution in [1.29, 1.82) is 0 Å². The summed E-state index contributed by atoms with van der Waals surface area (Å²) in [5.74, 6) is 0. The SMILES string of the molecule is CCOC(=O)OC1C=CC2=C(C1)C13CN=C[N+]1(C=CN2)C=C(C)N3. The second kappa shape index (κ2) is 5.24. The van der Waals surface area contributed by atoms with E-state index >= 15 is 0 Å². The predicted octanol–water partition coefficient (Wildman–Crippen LogP) is 1.84. The summed E-state index contributed by atoms with van der Waals surface area (Å²) in [6.45, 7) is 4.75. The molecule has 0 aromatic rings. The van der Waals surface area contributed by atoms with Crippen LogP contribution in [0.15, 0.2) is 52.7 Å². The van der Waals surface area contributed by atoms with E-state index in [4.69, 9.17) is 9.47 Å². The maximum atomic E-state index is 11.7. The van der Waals surface area contributed by atoms with Gasteiger partial charge in [0.2, 0.25) is 5.66 Å². The van der Waals surface area contributed by atoms with Crippen LogP contribution in [-0.4, -0.2) is 41.9 Å². The van der Waals surface area contributed by atoms with Crippen LogP contribution < -0.4 is 10.6 Å². The van der Waals surface area contributed by atoms with Crippen LogP contribution in [0, 0.1) is 0 Å². The van der Waals surface area contributed by atoms with E-state index in [0.29, 0.717) is 24.1 Å². The lowest BCUT2D eigenvalue weighted by molar-refractivity contribution is -0.769. The quantitative estimate of drug-likeness (QED) is 0.597. The summed E-state index contributed by atoms with van der Waals surface area (Å²) in [7, 11) is 0. The van der Waals surface area contributed by atoms with Crippen LogP contribution in [0.25, 0.3) is 0 Å². The molecule has 7 heteroatoms. The smallest absolute Gasteiger partial charge is 0.435 e. The first kappa shape index (κ1) is 15.0. The Kier molecular flexibility index (Phi) is 3.28. The Balaban J connectivity index is 1.67. The molecular weight excluding hydrogens is 308 g/mol. The van der Waals surface area contributed by atoms with Crippen molar-refractivity contribution in [2.45, 2.75) is 32.0 Å². The molecule has 2 N–H and O–H groups in total. The maximum absolute atomic E-state index is 11.7. The van der Waals surface area contributed by atoms with Crippen LogP contribution in [0.1, 0.15) is 20.3 Å². The zero-order chi connectivity index (χ0) is 16.8. The molecule has 1 aliphatic carbocycles. The molecular formula is C17H21N4O3+. The van der Waals surface area contributed by atoms with Gasteiger partial charge in [0.15, 0.2) is 6.34 Å². The van der Waals surface area contributed by atoms with Crippen molar-refractivity contribution in [3.63, 3.8) is 0 Å². The molecule has 0 aromatic carbocycles. The molecule has 0 bridgehead atoms. The van der Waals surface area contributed by atoms with Gasteiger partial charge in [-0.05, 0) is 26.0 Å². The van der Waals surface area contributed by atoms with E-state index in [1.807, 2.05) is 24.7 Å². The largest absolute Gasteiger partial charge is 0.508 e. The lowest BCUT2D eigenvalue weighted by Gasteiger charge is -2.39. The number of quaternary nitrogens is 1. The first-order valence-corrected chi connectivity index (χ1v) is 8.15. The van der Waals surface area contributed by atoms with Crippen LogP contribution in [-0.2, 0) is 9.47 Å². The second-order valence-electron chi connectivity index (χ2n) is 6.34. The van der Waals surface area contributed by atoms with Crippen molar-refractivity contribution >= 4 is 12.5 Å². The average molecular weight is 329 g/mol. The van der Waals surface area contributed by atoms with E-state index in [-0.39, 0.29) is 11.8 Å². The summed E-state index contributed by atoms with van der Waals surface area (Å²) in [6.07, 6.45) is 11.6. The standard InChI is InChI=1S/C17H21N4O3/c1-3-23-16(22)24-13-4-5-15-14(8-13)17-10-18-11-21(17,7-6-19-15)9-12(2)20-17/h4-7,9,11,13,19-20H,3,8,10H2,1-2H3/q+1. The number of rotatable bonds is 2. The van der Waals surface area contributed by atoms with E-state index in [9.17, 15) is 4.79 Å². The normalized spacial score (nSPS) is 35.2. The van der Waals surface area contributed by atoms with Crippen molar-refractivity contribution in [1.82, 2.24) is 10.6 Å². The second-order valence-corrected chi connectivity index (χ2v) is 6.34. The topological polar surface area (TPSA) is 72.0 Å². The third-order valence-corrected chi connectivity index (χ3v) is 4.84. The number of nitrogens with one attached hydrogen (secondary N) is 2. The minimum absolute atomic E-state index is 0.303. The van der Waals surface area contributed by atoms with Gasteiger partial charge in [0, 0.05) is 17.7 Å². The van der Waals surface area contributed by atoms with Gasteiger partial charge in [-0.3, -0.25) is 0 Å². The van der Waals surface area contributed by atoms with Crippen LogP contribution in [0.4, 0.5) is 4.79 Å². The molecule has 3 heterocycles. The number of ether oxygens (including phenoxy) is 2. The van der Waals surface area contributed by atoms with E-state index in [1.54, 1.807) is 6.92 Å². The third-order valence-electron chi connectivity index (χ3n) is 4.84. The maximum Gasteiger partial charge on any atom is 0.508 e. The molecule has 0 amide bonds. The molecule has 4 aliphatic rings. The van der Waals surface area contributed by atoms with E-state index in [0.717, 1.165) is 17.0 Å². The van der Waals surface area contributed by atoms with E-state index < -0.39 is 6.16 Å². The molecule has 3 atom stereocenters. The fourth-order valence-electron chi connectivity index (χ4n) is 3.92. The lowest BCUT2D eigenvalue weighted by Crippen LogP contribution is -2.61. The molecule has 3 aliphatic heterocycles. The number of allylic oxidation sites excluding steroid dienone is 2. The van der Waals surface area contributed by atoms with Crippen molar-refractivity contribution in [2.24, 2.45) is 4.99 Å². The van der Waals surface area contributed by atoms with Gasteiger partial charge in [0.05, 0.1) is 18.5 Å². The lowest BCUT2D eigenvalue weighted by atomic mass is 9.87. The Morgan fingerprint density at radius 1 is 1.54 bits per heavy atom. The Morgan fingerprint density at radius 2 is 2.42 bits per heavy atom. The first-order valence-electron chi connectivity index (χ1n) is 8.15. The van der Waals surface area contributed by atoms with Crippen molar-refractivity contribution in [3.8, 4) is 0 Å². The molecule has 3 unspecified atom stereocenters.